The number of halogens is 3. The molecule has 0 unspecified atom stereocenters. The molecule has 0 aliphatic rings. The van der Waals surface area contributed by atoms with Gasteiger partial charge in [-0.1, -0.05) is 0 Å². The maximum Gasteiger partial charge on any atom is 0.472 e. The van der Waals surface area contributed by atoms with E-state index in [1.165, 1.54) is 0 Å². The summed E-state index contributed by atoms with van der Waals surface area (Å²) in [5.74, 6) is -3.62. The molecule has 0 aliphatic heterocycles. The monoisotopic (exact) mass is 206 g/mol. The maximum atomic E-state index is 11.4. The summed E-state index contributed by atoms with van der Waals surface area (Å²) in [5.41, 5.74) is 4.53. The second-order valence-corrected chi connectivity index (χ2v) is 3.48. The van der Waals surface area contributed by atoms with Gasteiger partial charge in [0.15, 0.2) is 0 Å². The standard InChI is InChI=1S/C3H5F3N2O3S/c4-3(5,6)2(9)8-12(10,11)1-7/h1,7H2,(H,8,9). The number of sulfonamides is 1. The molecule has 0 aromatic carbocycles. The zero-order valence-corrected chi connectivity index (χ0v) is 6.37. The Morgan fingerprint density at radius 3 is 2.08 bits per heavy atom. The van der Waals surface area contributed by atoms with Crippen LogP contribution in [0.3, 0.4) is 0 Å². The fraction of sp³-hybridized carbons (Fsp3) is 0.667. The van der Waals surface area contributed by atoms with E-state index in [1.807, 2.05) is 0 Å². The fourth-order valence-corrected chi connectivity index (χ4v) is 0.722. The van der Waals surface area contributed by atoms with E-state index in [-0.39, 0.29) is 0 Å². The maximum absolute atomic E-state index is 11.4. The minimum atomic E-state index is -5.22. The number of nitrogens with two attached hydrogens (primary N) is 1. The highest BCUT2D eigenvalue weighted by molar-refractivity contribution is 7.89. The summed E-state index contributed by atoms with van der Waals surface area (Å²) in [6.45, 7) is 0. The van der Waals surface area contributed by atoms with Gasteiger partial charge in [-0.05, 0) is 0 Å². The van der Waals surface area contributed by atoms with E-state index >= 15 is 0 Å². The summed E-state index contributed by atoms with van der Waals surface area (Å²) < 4.78 is 55.5. The highest BCUT2D eigenvalue weighted by atomic mass is 32.2. The van der Waals surface area contributed by atoms with E-state index in [0.29, 0.717) is 0 Å². The number of hydrogen-bond donors (Lipinski definition) is 2. The molecule has 5 nitrogen and oxygen atoms in total. The van der Waals surface area contributed by atoms with Crippen LogP contribution in [0.1, 0.15) is 0 Å². The number of carbonyl (C=O) groups is 1. The van der Waals surface area contributed by atoms with Gasteiger partial charge in [0.1, 0.15) is 5.88 Å². The van der Waals surface area contributed by atoms with Gasteiger partial charge in [0.25, 0.3) is 0 Å². The zero-order valence-electron chi connectivity index (χ0n) is 5.55. The highest BCUT2D eigenvalue weighted by Crippen LogP contribution is 2.14. The van der Waals surface area contributed by atoms with Gasteiger partial charge in [-0.25, -0.2) is 13.1 Å². The molecule has 0 fully saturated rings. The van der Waals surface area contributed by atoms with Gasteiger partial charge >= 0.3 is 12.1 Å². The predicted molar refractivity (Wildman–Crippen MR) is 32.2 cm³/mol. The molecule has 0 rings (SSSR count). The minimum Gasteiger partial charge on any atom is -0.316 e. The largest absolute Gasteiger partial charge is 0.472 e. The average molecular weight is 206 g/mol. The third kappa shape index (κ3) is 3.53. The lowest BCUT2D eigenvalue weighted by atomic mass is 10.6. The summed E-state index contributed by atoms with van der Waals surface area (Å²) in [5, 5.41) is 0. The van der Waals surface area contributed by atoms with Crippen LogP contribution in [0.25, 0.3) is 0 Å². The molecule has 0 atom stereocenters. The normalized spacial score (nSPS) is 12.7. The molecular weight excluding hydrogens is 201 g/mol. The van der Waals surface area contributed by atoms with Crippen LogP contribution in [0.4, 0.5) is 13.2 Å². The first kappa shape index (κ1) is 11.2. The number of hydrogen-bond acceptors (Lipinski definition) is 4. The molecule has 0 bridgehead atoms. The van der Waals surface area contributed by atoms with E-state index in [2.05, 4.69) is 5.73 Å². The van der Waals surface area contributed by atoms with Crippen molar-refractivity contribution in [1.82, 2.24) is 4.72 Å². The van der Waals surface area contributed by atoms with Crippen LogP contribution in [-0.2, 0) is 14.8 Å². The Balaban J connectivity index is 4.42. The zero-order chi connectivity index (χ0) is 9.99. The third-order valence-electron chi connectivity index (χ3n) is 0.725. The van der Waals surface area contributed by atoms with Gasteiger partial charge in [0.05, 0.1) is 0 Å². The molecule has 0 aliphatic carbocycles. The first-order chi connectivity index (χ1) is 5.19. The van der Waals surface area contributed by atoms with Crippen LogP contribution in [0.5, 0.6) is 0 Å². The predicted octanol–water partition coefficient (Wildman–Crippen LogP) is -1.09. The lowest BCUT2D eigenvalue weighted by Gasteiger charge is -2.06. The summed E-state index contributed by atoms with van der Waals surface area (Å²) in [6, 6.07) is 0. The molecule has 3 N–H and O–H groups in total. The van der Waals surface area contributed by atoms with Crippen molar-refractivity contribution in [3.63, 3.8) is 0 Å². The molecule has 12 heavy (non-hydrogen) atoms. The fourth-order valence-electron chi connectivity index (χ4n) is 0.241. The van der Waals surface area contributed by atoms with Crippen LogP contribution in [-0.4, -0.2) is 26.4 Å². The first-order valence-electron chi connectivity index (χ1n) is 2.51. The number of amides is 1. The van der Waals surface area contributed by atoms with Crippen LogP contribution in [0.2, 0.25) is 0 Å². The Bertz CT molecular complexity index is 269. The van der Waals surface area contributed by atoms with Crippen molar-refractivity contribution in [1.29, 1.82) is 0 Å². The second-order valence-electron chi connectivity index (χ2n) is 1.71. The topological polar surface area (TPSA) is 89.3 Å². The molecule has 0 heterocycles. The van der Waals surface area contributed by atoms with Gasteiger partial charge in [0, 0.05) is 0 Å². The summed E-state index contributed by atoms with van der Waals surface area (Å²) in [6.07, 6.45) is -5.22. The van der Waals surface area contributed by atoms with Crippen molar-refractivity contribution in [3.8, 4) is 0 Å². The number of rotatable bonds is 2. The first-order valence-corrected chi connectivity index (χ1v) is 4.16. The van der Waals surface area contributed by atoms with Crippen LogP contribution < -0.4 is 10.5 Å². The van der Waals surface area contributed by atoms with E-state index in [9.17, 15) is 26.4 Å². The molecule has 72 valence electrons. The van der Waals surface area contributed by atoms with Gasteiger partial charge in [-0.15, -0.1) is 0 Å². The van der Waals surface area contributed by atoms with Crippen molar-refractivity contribution < 1.29 is 26.4 Å². The number of carbonyl (C=O) groups excluding carboxylic acids is 1. The van der Waals surface area contributed by atoms with Crippen LogP contribution >= 0.6 is 0 Å². The smallest absolute Gasteiger partial charge is 0.316 e. The van der Waals surface area contributed by atoms with Gasteiger partial charge < -0.3 is 5.73 Å². The Labute approximate surface area is 65.8 Å². The average Bonchev–Trinajstić information content (AvgIpc) is 1.85. The molecule has 0 radical (unpaired) electrons. The Hall–Kier alpha value is -0.830. The van der Waals surface area contributed by atoms with Crippen molar-refractivity contribution in [3.05, 3.63) is 0 Å². The van der Waals surface area contributed by atoms with Gasteiger partial charge in [0.2, 0.25) is 10.0 Å². The second kappa shape index (κ2) is 3.27. The van der Waals surface area contributed by atoms with Crippen molar-refractivity contribution in [2.45, 2.75) is 6.18 Å². The Morgan fingerprint density at radius 1 is 1.42 bits per heavy atom. The minimum absolute atomic E-state index is 0.729. The van der Waals surface area contributed by atoms with Crippen LogP contribution in [0, 0.1) is 0 Å². The van der Waals surface area contributed by atoms with Gasteiger partial charge in [-0.3, -0.25) is 4.79 Å². The Morgan fingerprint density at radius 2 is 1.83 bits per heavy atom. The molecule has 9 heteroatoms. The molecule has 1 amide bonds. The van der Waals surface area contributed by atoms with Crippen molar-refractivity contribution in [2.24, 2.45) is 5.73 Å². The highest BCUT2D eigenvalue weighted by Gasteiger charge is 2.40. The molecule has 0 spiro atoms. The number of nitrogens with one attached hydrogen (secondary N) is 1. The molecule has 0 saturated heterocycles. The lowest BCUT2D eigenvalue weighted by Crippen LogP contribution is -2.42. The number of alkyl halides is 3. The Kier molecular flexibility index (Phi) is 3.04. The molecule has 0 aromatic heterocycles. The lowest BCUT2D eigenvalue weighted by molar-refractivity contribution is -0.171. The van der Waals surface area contributed by atoms with E-state index in [4.69, 9.17) is 0 Å². The summed E-state index contributed by atoms with van der Waals surface area (Å²) >= 11 is 0. The summed E-state index contributed by atoms with van der Waals surface area (Å²) in [7, 11) is -4.34. The van der Waals surface area contributed by atoms with Crippen LogP contribution in [0.15, 0.2) is 0 Å². The van der Waals surface area contributed by atoms with E-state index < -0.39 is 28.0 Å². The SMILES string of the molecule is NCS(=O)(=O)NC(=O)C(F)(F)F. The van der Waals surface area contributed by atoms with E-state index in [1.54, 1.807) is 0 Å². The quantitative estimate of drug-likeness (QED) is 0.600. The third-order valence-corrected chi connectivity index (χ3v) is 1.66. The molecule has 0 saturated carbocycles. The van der Waals surface area contributed by atoms with Crippen molar-refractivity contribution in [2.75, 3.05) is 5.88 Å². The molecule has 0 aromatic rings. The van der Waals surface area contributed by atoms with Crippen molar-refractivity contribution >= 4 is 15.9 Å². The van der Waals surface area contributed by atoms with Gasteiger partial charge in [-0.2, -0.15) is 13.2 Å². The molecular formula is C3H5F3N2O3S. The van der Waals surface area contributed by atoms with E-state index in [0.717, 1.165) is 4.72 Å². The summed E-state index contributed by atoms with van der Waals surface area (Å²) in [4.78, 5) is 9.97.